The maximum absolute atomic E-state index is 12.8. The number of carbonyl (C=O) groups excluding carboxylic acids is 1. The van der Waals surface area contributed by atoms with Crippen molar-refractivity contribution in [1.29, 1.82) is 0 Å². The van der Waals surface area contributed by atoms with Gasteiger partial charge in [-0.1, -0.05) is 18.2 Å². The van der Waals surface area contributed by atoms with Crippen LogP contribution in [0, 0.1) is 0 Å². The summed E-state index contributed by atoms with van der Waals surface area (Å²) >= 11 is 0. The summed E-state index contributed by atoms with van der Waals surface area (Å²) in [4.78, 5) is 16.2. The highest BCUT2D eigenvalue weighted by Gasteiger charge is 2.27. The molecule has 0 unspecified atom stereocenters. The van der Waals surface area contributed by atoms with Crippen molar-refractivity contribution in [2.24, 2.45) is 0 Å². The molecule has 0 spiro atoms. The zero-order valence-corrected chi connectivity index (χ0v) is 14.9. The molecule has 1 amide bonds. The highest BCUT2D eigenvalue weighted by atomic mass is 16.5. The van der Waals surface area contributed by atoms with Crippen LogP contribution in [-0.2, 0) is 6.54 Å². The SMILES string of the molecule is COc1ccc(C[NH+]2CCN(C(=O)c3n[nH]c4ccccc34)CC2)cc1. The Morgan fingerprint density at radius 1 is 1.15 bits per heavy atom. The third-order valence-electron chi connectivity index (χ3n) is 5.04. The van der Waals surface area contributed by atoms with Gasteiger partial charge in [0.05, 0.1) is 38.8 Å². The number of piperazine rings is 1. The molecule has 6 heteroatoms. The lowest BCUT2D eigenvalue weighted by Crippen LogP contribution is -3.13. The van der Waals surface area contributed by atoms with Crippen LogP contribution in [-0.4, -0.2) is 54.3 Å². The molecule has 0 bridgehead atoms. The van der Waals surface area contributed by atoms with Gasteiger partial charge in [-0.2, -0.15) is 5.10 Å². The van der Waals surface area contributed by atoms with Crippen molar-refractivity contribution in [1.82, 2.24) is 15.1 Å². The van der Waals surface area contributed by atoms with Crippen molar-refractivity contribution < 1.29 is 14.4 Å². The standard InChI is InChI=1S/C20H22N4O2/c1-26-16-8-6-15(7-9-16)14-23-10-12-24(13-11-23)20(25)19-17-4-2-3-5-18(17)21-22-19/h2-9H,10-14H2,1H3,(H,21,22)/p+1. The summed E-state index contributed by atoms with van der Waals surface area (Å²) in [6.45, 7) is 4.37. The molecular weight excluding hydrogens is 328 g/mol. The number of para-hydroxylation sites is 1. The monoisotopic (exact) mass is 351 g/mol. The average molecular weight is 351 g/mol. The first-order valence-electron chi connectivity index (χ1n) is 8.93. The first kappa shape index (κ1) is 16.6. The second-order valence-corrected chi connectivity index (χ2v) is 6.68. The number of carbonyl (C=O) groups is 1. The molecule has 1 saturated heterocycles. The molecular formula is C20H23N4O2+. The number of rotatable bonds is 4. The maximum atomic E-state index is 12.8. The first-order chi connectivity index (χ1) is 12.7. The molecule has 26 heavy (non-hydrogen) atoms. The number of amides is 1. The highest BCUT2D eigenvalue weighted by Crippen LogP contribution is 2.17. The molecule has 2 aromatic carbocycles. The molecule has 1 fully saturated rings. The minimum Gasteiger partial charge on any atom is -0.497 e. The molecule has 1 aromatic heterocycles. The molecule has 6 nitrogen and oxygen atoms in total. The van der Waals surface area contributed by atoms with Gasteiger partial charge in [0, 0.05) is 10.9 Å². The number of nitrogens with one attached hydrogen (secondary N) is 2. The van der Waals surface area contributed by atoms with Crippen LogP contribution in [0.5, 0.6) is 5.75 Å². The van der Waals surface area contributed by atoms with Crippen LogP contribution in [0.25, 0.3) is 10.9 Å². The molecule has 0 atom stereocenters. The fourth-order valence-corrected chi connectivity index (χ4v) is 3.51. The molecule has 2 heterocycles. The molecule has 4 rings (SSSR count). The third-order valence-corrected chi connectivity index (χ3v) is 5.04. The van der Waals surface area contributed by atoms with Crippen LogP contribution in [0.4, 0.5) is 0 Å². The summed E-state index contributed by atoms with van der Waals surface area (Å²) < 4.78 is 5.21. The van der Waals surface area contributed by atoms with Crippen LogP contribution in [0.3, 0.4) is 0 Å². The second-order valence-electron chi connectivity index (χ2n) is 6.68. The number of fused-ring (bicyclic) bond motifs is 1. The Balaban J connectivity index is 1.37. The average Bonchev–Trinajstić information content (AvgIpc) is 3.13. The highest BCUT2D eigenvalue weighted by molar-refractivity contribution is 6.04. The van der Waals surface area contributed by atoms with Gasteiger partial charge in [0.1, 0.15) is 12.3 Å². The number of hydrogen-bond acceptors (Lipinski definition) is 3. The molecule has 0 aliphatic carbocycles. The van der Waals surface area contributed by atoms with E-state index in [1.807, 2.05) is 41.3 Å². The van der Waals surface area contributed by atoms with Crippen LogP contribution in [0.1, 0.15) is 16.1 Å². The number of H-pyrrole nitrogens is 1. The molecule has 2 N–H and O–H groups in total. The normalized spacial score (nSPS) is 15.3. The molecule has 0 radical (unpaired) electrons. The van der Waals surface area contributed by atoms with Crippen molar-refractivity contribution in [2.45, 2.75) is 6.54 Å². The van der Waals surface area contributed by atoms with Crippen LogP contribution in [0.2, 0.25) is 0 Å². The van der Waals surface area contributed by atoms with E-state index in [2.05, 4.69) is 22.3 Å². The van der Waals surface area contributed by atoms with E-state index in [1.54, 1.807) is 7.11 Å². The van der Waals surface area contributed by atoms with E-state index >= 15 is 0 Å². The first-order valence-corrected chi connectivity index (χ1v) is 8.93. The minimum atomic E-state index is 0.0194. The minimum absolute atomic E-state index is 0.0194. The van der Waals surface area contributed by atoms with Gasteiger partial charge < -0.3 is 14.5 Å². The summed E-state index contributed by atoms with van der Waals surface area (Å²) in [5, 5.41) is 8.08. The lowest BCUT2D eigenvalue weighted by Gasteiger charge is -2.32. The second kappa shape index (κ2) is 7.17. The smallest absolute Gasteiger partial charge is 0.275 e. The summed E-state index contributed by atoms with van der Waals surface area (Å²) in [6, 6.07) is 16.0. The molecule has 0 saturated carbocycles. The number of ether oxygens (including phenoxy) is 1. The Morgan fingerprint density at radius 3 is 2.62 bits per heavy atom. The van der Waals surface area contributed by atoms with E-state index < -0.39 is 0 Å². The Morgan fingerprint density at radius 2 is 1.88 bits per heavy atom. The van der Waals surface area contributed by atoms with Gasteiger partial charge in [0.2, 0.25) is 0 Å². The van der Waals surface area contributed by atoms with Crippen molar-refractivity contribution in [2.75, 3.05) is 33.3 Å². The number of quaternary nitrogens is 1. The molecule has 3 aromatic rings. The Kier molecular flexibility index (Phi) is 4.58. The maximum Gasteiger partial charge on any atom is 0.275 e. The van der Waals surface area contributed by atoms with Gasteiger partial charge in [0.25, 0.3) is 5.91 Å². The summed E-state index contributed by atoms with van der Waals surface area (Å²) in [6.07, 6.45) is 0. The van der Waals surface area contributed by atoms with Crippen molar-refractivity contribution in [3.63, 3.8) is 0 Å². The number of benzene rings is 2. The largest absolute Gasteiger partial charge is 0.497 e. The summed E-state index contributed by atoms with van der Waals surface area (Å²) in [5.41, 5.74) is 2.72. The van der Waals surface area contributed by atoms with Gasteiger partial charge in [-0.25, -0.2) is 0 Å². The van der Waals surface area contributed by atoms with Gasteiger partial charge in [0.15, 0.2) is 5.69 Å². The van der Waals surface area contributed by atoms with Crippen LogP contribution in [0.15, 0.2) is 48.5 Å². The van der Waals surface area contributed by atoms with E-state index in [0.29, 0.717) is 5.69 Å². The van der Waals surface area contributed by atoms with Crippen molar-refractivity contribution in [3.05, 3.63) is 59.8 Å². The molecule has 134 valence electrons. The predicted molar refractivity (Wildman–Crippen MR) is 99.4 cm³/mol. The van der Waals surface area contributed by atoms with Crippen LogP contribution >= 0.6 is 0 Å². The lowest BCUT2D eigenvalue weighted by atomic mass is 10.1. The number of hydrogen-bond donors (Lipinski definition) is 2. The zero-order valence-electron chi connectivity index (χ0n) is 14.9. The number of nitrogens with zero attached hydrogens (tertiary/aromatic N) is 2. The van der Waals surface area contributed by atoms with Crippen LogP contribution < -0.4 is 9.64 Å². The Bertz CT molecular complexity index is 896. The fourth-order valence-electron chi connectivity index (χ4n) is 3.51. The van der Waals surface area contributed by atoms with Crippen molar-refractivity contribution >= 4 is 16.8 Å². The molecule has 1 aliphatic rings. The number of aromatic amines is 1. The topological polar surface area (TPSA) is 62.7 Å². The van der Waals surface area contributed by atoms with Crippen molar-refractivity contribution in [3.8, 4) is 5.75 Å². The Hall–Kier alpha value is -2.86. The van der Waals surface area contributed by atoms with E-state index in [-0.39, 0.29) is 5.91 Å². The Labute approximate surface area is 152 Å². The molecule has 1 aliphatic heterocycles. The summed E-state index contributed by atoms with van der Waals surface area (Å²) in [7, 11) is 1.68. The van der Waals surface area contributed by atoms with E-state index in [9.17, 15) is 4.79 Å². The number of methoxy groups -OCH3 is 1. The third kappa shape index (κ3) is 3.28. The quantitative estimate of drug-likeness (QED) is 0.740. The number of aromatic nitrogens is 2. The van der Waals surface area contributed by atoms with E-state index in [4.69, 9.17) is 4.74 Å². The van der Waals surface area contributed by atoms with Gasteiger partial charge in [-0.05, 0) is 30.3 Å². The predicted octanol–water partition coefficient (Wildman–Crippen LogP) is 1.11. The zero-order chi connectivity index (χ0) is 17.9. The summed E-state index contributed by atoms with van der Waals surface area (Å²) in [5.74, 6) is 0.899. The van der Waals surface area contributed by atoms with E-state index in [1.165, 1.54) is 10.5 Å². The van der Waals surface area contributed by atoms with Gasteiger partial charge in [-0.15, -0.1) is 0 Å². The van der Waals surface area contributed by atoms with Gasteiger partial charge in [-0.3, -0.25) is 9.89 Å². The van der Waals surface area contributed by atoms with E-state index in [0.717, 1.165) is 49.4 Å². The lowest BCUT2D eigenvalue weighted by molar-refractivity contribution is -0.917. The fraction of sp³-hybridized carbons (Fsp3) is 0.300. The van der Waals surface area contributed by atoms with Gasteiger partial charge >= 0.3 is 0 Å².